The molecule has 1 unspecified atom stereocenters. The standard InChI is InChI=1S/C34H42FN7O2S/c1-23(37-31(44)22-34(2,3)4)27-20-25(14-16-28(27)35)21-30(43)38-29-17-15-26(39-40-29)12-8-9-13-32-41-42-33(45-32)36-19-18-24-10-6-5-7-11-24/h5-7,10-11,14-17,20,23H,8-9,12-13,18-19,21-22H2,1-4H3,(H,36,42)(H,37,44)(H,38,40,43). The third-order valence-electron chi connectivity index (χ3n) is 7.02. The van der Waals surface area contributed by atoms with Crippen LogP contribution in [0.15, 0.2) is 60.7 Å². The van der Waals surface area contributed by atoms with E-state index in [9.17, 15) is 14.0 Å². The van der Waals surface area contributed by atoms with E-state index in [4.69, 9.17) is 0 Å². The van der Waals surface area contributed by atoms with Crippen molar-refractivity contribution in [2.24, 2.45) is 5.41 Å². The summed E-state index contributed by atoms with van der Waals surface area (Å²) in [6, 6.07) is 17.9. The van der Waals surface area contributed by atoms with Crippen molar-refractivity contribution in [1.29, 1.82) is 0 Å². The second kappa shape index (κ2) is 16.2. The molecule has 0 aliphatic heterocycles. The number of carbonyl (C=O) groups is 2. The van der Waals surface area contributed by atoms with Gasteiger partial charge in [0.1, 0.15) is 10.8 Å². The van der Waals surface area contributed by atoms with Gasteiger partial charge >= 0.3 is 0 Å². The predicted molar refractivity (Wildman–Crippen MR) is 177 cm³/mol. The second-order valence-electron chi connectivity index (χ2n) is 12.4. The van der Waals surface area contributed by atoms with E-state index in [0.717, 1.165) is 54.5 Å². The van der Waals surface area contributed by atoms with Crippen LogP contribution in [0, 0.1) is 11.2 Å². The summed E-state index contributed by atoms with van der Waals surface area (Å²) in [5, 5.41) is 27.8. The Morgan fingerprint density at radius 2 is 1.64 bits per heavy atom. The largest absolute Gasteiger partial charge is 0.360 e. The first kappa shape index (κ1) is 33.6. The van der Waals surface area contributed by atoms with E-state index in [2.05, 4.69) is 48.5 Å². The van der Waals surface area contributed by atoms with E-state index >= 15 is 0 Å². The molecule has 45 heavy (non-hydrogen) atoms. The number of hydrogen-bond acceptors (Lipinski definition) is 8. The fourth-order valence-corrected chi connectivity index (χ4v) is 5.59. The molecule has 2 aromatic heterocycles. The highest BCUT2D eigenvalue weighted by Gasteiger charge is 2.20. The number of halogens is 1. The van der Waals surface area contributed by atoms with Crippen LogP contribution in [0.25, 0.3) is 0 Å². The molecule has 0 spiro atoms. The van der Waals surface area contributed by atoms with Gasteiger partial charge in [-0.25, -0.2) is 4.39 Å². The summed E-state index contributed by atoms with van der Waals surface area (Å²) < 4.78 is 14.5. The van der Waals surface area contributed by atoms with Crippen molar-refractivity contribution in [3.8, 4) is 0 Å². The third kappa shape index (κ3) is 11.6. The maximum Gasteiger partial charge on any atom is 0.229 e. The van der Waals surface area contributed by atoms with Gasteiger partial charge in [0.2, 0.25) is 16.9 Å². The van der Waals surface area contributed by atoms with Gasteiger partial charge < -0.3 is 16.0 Å². The lowest BCUT2D eigenvalue weighted by Crippen LogP contribution is -2.30. The van der Waals surface area contributed by atoms with Gasteiger partial charge in [-0.15, -0.1) is 15.3 Å². The molecule has 0 saturated carbocycles. The van der Waals surface area contributed by atoms with Crippen LogP contribution in [0.2, 0.25) is 0 Å². The number of amides is 2. The molecule has 9 nitrogen and oxygen atoms in total. The number of aryl methyl sites for hydroxylation is 2. The van der Waals surface area contributed by atoms with Crippen LogP contribution in [0.3, 0.4) is 0 Å². The van der Waals surface area contributed by atoms with Crippen molar-refractivity contribution in [1.82, 2.24) is 25.7 Å². The van der Waals surface area contributed by atoms with E-state index in [0.29, 0.717) is 23.4 Å². The Bertz CT molecular complexity index is 1540. The molecule has 11 heteroatoms. The van der Waals surface area contributed by atoms with Crippen LogP contribution in [0.4, 0.5) is 15.3 Å². The predicted octanol–water partition coefficient (Wildman–Crippen LogP) is 6.48. The third-order valence-corrected chi connectivity index (χ3v) is 7.96. The van der Waals surface area contributed by atoms with Crippen LogP contribution in [0.1, 0.15) is 80.4 Å². The molecule has 2 heterocycles. The first-order chi connectivity index (χ1) is 21.5. The summed E-state index contributed by atoms with van der Waals surface area (Å²) in [5.74, 6) is -0.503. The molecule has 0 bridgehead atoms. The molecule has 2 amide bonds. The minimum atomic E-state index is -0.524. The van der Waals surface area contributed by atoms with Gasteiger partial charge in [-0.2, -0.15) is 5.10 Å². The summed E-state index contributed by atoms with van der Waals surface area (Å²) >= 11 is 1.59. The molecule has 3 N–H and O–H groups in total. The Balaban J connectivity index is 1.17. The molecule has 4 rings (SSSR count). The van der Waals surface area contributed by atoms with Gasteiger partial charge in [-0.1, -0.05) is 74.6 Å². The highest BCUT2D eigenvalue weighted by atomic mass is 32.1. The van der Waals surface area contributed by atoms with Gasteiger partial charge in [0.25, 0.3) is 0 Å². The lowest BCUT2D eigenvalue weighted by atomic mass is 9.91. The monoisotopic (exact) mass is 631 g/mol. The Morgan fingerprint density at radius 3 is 2.38 bits per heavy atom. The fraction of sp³-hybridized carbons (Fsp3) is 0.412. The van der Waals surface area contributed by atoms with Crippen molar-refractivity contribution >= 4 is 34.1 Å². The van der Waals surface area contributed by atoms with E-state index in [1.807, 2.05) is 45.0 Å². The molecule has 1 atom stereocenters. The maximum absolute atomic E-state index is 14.5. The molecule has 0 saturated heterocycles. The van der Waals surface area contributed by atoms with Crippen molar-refractivity contribution in [3.63, 3.8) is 0 Å². The first-order valence-electron chi connectivity index (χ1n) is 15.3. The van der Waals surface area contributed by atoms with Gasteiger partial charge in [0, 0.05) is 24.9 Å². The minimum absolute atomic E-state index is 0.0369. The van der Waals surface area contributed by atoms with Crippen LogP contribution < -0.4 is 16.0 Å². The number of aromatic nitrogens is 4. The van der Waals surface area contributed by atoms with Gasteiger partial charge in [0.05, 0.1) is 18.2 Å². The Kier molecular flexibility index (Phi) is 12.1. The molecule has 0 fully saturated rings. The zero-order valence-corrected chi connectivity index (χ0v) is 27.2. The van der Waals surface area contributed by atoms with Crippen LogP contribution in [-0.4, -0.2) is 38.8 Å². The van der Waals surface area contributed by atoms with E-state index in [-0.39, 0.29) is 23.7 Å². The van der Waals surface area contributed by atoms with E-state index in [1.165, 1.54) is 11.6 Å². The number of rotatable bonds is 15. The Labute approximate surface area is 268 Å². The highest BCUT2D eigenvalue weighted by Crippen LogP contribution is 2.22. The van der Waals surface area contributed by atoms with Gasteiger partial charge in [0.15, 0.2) is 5.82 Å². The first-order valence-corrected chi connectivity index (χ1v) is 16.2. The molecule has 2 aromatic carbocycles. The topological polar surface area (TPSA) is 122 Å². The summed E-state index contributed by atoms with van der Waals surface area (Å²) in [7, 11) is 0. The van der Waals surface area contributed by atoms with Gasteiger partial charge in [-0.3, -0.25) is 9.59 Å². The maximum atomic E-state index is 14.5. The number of carbonyl (C=O) groups excluding carboxylic acids is 2. The Morgan fingerprint density at radius 1 is 0.867 bits per heavy atom. The number of nitrogens with zero attached hydrogens (tertiary/aromatic N) is 4. The molecular formula is C34H42FN7O2S. The highest BCUT2D eigenvalue weighted by molar-refractivity contribution is 7.15. The van der Waals surface area contributed by atoms with Crippen molar-refractivity contribution < 1.29 is 14.0 Å². The van der Waals surface area contributed by atoms with Crippen molar-refractivity contribution in [2.45, 2.75) is 78.7 Å². The number of nitrogens with one attached hydrogen (secondary N) is 3. The lowest BCUT2D eigenvalue weighted by molar-refractivity contribution is -0.123. The van der Waals surface area contributed by atoms with E-state index < -0.39 is 11.9 Å². The molecular weight excluding hydrogens is 589 g/mol. The van der Waals surface area contributed by atoms with Gasteiger partial charge in [-0.05, 0) is 67.3 Å². The normalized spacial score (nSPS) is 12.0. The zero-order valence-electron chi connectivity index (χ0n) is 26.4. The Hall–Kier alpha value is -4.25. The minimum Gasteiger partial charge on any atom is -0.360 e. The van der Waals surface area contributed by atoms with Crippen LogP contribution in [-0.2, 0) is 35.3 Å². The summed E-state index contributed by atoms with van der Waals surface area (Å²) in [6.45, 7) is 8.47. The molecule has 0 aliphatic rings. The smallest absolute Gasteiger partial charge is 0.229 e. The van der Waals surface area contributed by atoms with Crippen molar-refractivity contribution in [2.75, 3.05) is 17.2 Å². The number of anilines is 2. The van der Waals surface area contributed by atoms with Crippen LogP contribution >= 0.6 is 11.3 Å². The average Bonchev–Trinajstić information content (AvgIpc) is 3.44. The lowest BCUT2D eigenvalue weighted by Gasteiger charge is -2.21. The van der Waals surface area contributed by atoms with Crippen molar-refractivity contribution in [3.05, 3.63) is 93.9 Å². The number of benzene rings is 2. The molecule has 0 radical (unpaired) electrons. The van der Waals surface area contributed by atoms with Crippen LogP contribution in [0.5, 0.6) is 0 Å². The number of hydrogen-bond donors (Lipinski definition) is 3. The summed E-state index contributed by atoms with van der Waals surface area (Å²) in [6.07, 6.45) is 4.82. The second-order valence-corrected chi connectivity index (χ2v) is 13.4. The van der Waals surface area contributed by atoms with E-state index in [1.54, 1.807) is 36.5 Å². The summed E-state index contributed by atoms with van der Waals surface area (Å²) in [5.41, 5.74) is 2.94. The fourth-order valence-electron chi connectivity index (χ4n) is 4.79. The molecule has 4 aromatic rings. The quantitative estimate of drug-likeness (QED) is 0.128. The average molecular weight is 632 g/mol. The zero-order chi connectivity index (χ0) is 32.2. The molecule has 0 aliphatic carbocycles. The molecule has 238 valence electrons. The SMILES string of the molecule is CC(NC(=O)CC(C)(C)C)c1cc(CC(=O)Nc2ccc(CCCCc3nnc(NCCc4ccccc4)s3)nn2)ccc1F. The number of unbranched alkanes of at least 4 members (excludes halogenated alkanes) is 1. The summed E-state index contributed by atoms with van der Waals surface area (Å²) in [4.78, 5) is 25.0.